The molecular formula is C11H16N2O4S. The lowest BCUT2D eigenvalue weighted by Gasteiger charge is -2.12. The van der Waals surface area contributed by atoms with Gasteiger partial charge in [-0.05, 0) is 28.8 Å². The van der Waals surface area contributed by atoms with E-state index in [9.17, 15) is 9.59 Å². The van der Waals surface area contributed by atoms with Gasteiger partial charge in [-0.25, -0.2) is 9.59 Å². The highest BCUT2D eigenvalue weighted by molar-refractivity contribution is 7.07. The minimum absolute atomic E-state index is 0.0594. The van der Waals surface area contributed by atoms with E-state index in [0.29, 0.717) is 6.54 Å². The molecule has 1 unspecified atom stereocenters. The van der Waals surface area contributed by atoms with Crippen molar-refractivity contribution in [3.63, 3.8) is 0 Å². The molecule has 1 rings (SSSR count). The van der Waals surface area contributed by atoms with E-state index in [-0.39, 0.29) is 6.54 Å². The van der Waals surface area contributed by atoms with Crippen LogP contribution in [0.2, 0.25) is 0 Å². The van der Waals surface area contributed by atoms with E-state index in [2.05, 4.69) is 15.4 Å². The van der Waals surface area contributed by atoms with Gasteiger partial charge in [-0.2, -0.15) is 11.3 Å². The smallest absolute Gasteiger partial charge is 0.334 e. The summed E-state index contributed by atoms with van der Waals surface area (Å²) in [6, 6.07) is 1.60. The summed E-state index contributed by atoms with van der Waals surface area (Å²) >= 11 is 1.61. The molecule has 100 valence electrons. The molecule has 2 amide bonds. The summed E-state index contributed by atoms with van der Waals surface area (Å²) in [6.45, 7) is 0.448. The van der Waals surface area contributed by atoms with Gasteiger partial charge in [0.25, 0.3) is 0 Å². The second-order valence-electron chi connectivity index (χ2n) is 3.58. The molecule has 1 atom stereocenters. The van der Waals surface area contributed by atoms with Crippen LogP contribution in [0.5, 0.6) is 0 Å². The Labute approximate surface area is 109 Å². The molecule has 0 spiro atoms. The number of carbonyl (C=O) groups excluding carboxylic acids is 1. The molecule has 0 aliphatic rings. The van der Waals surface area contributed by atoms with Crippen LogP contribution in [-0.2, 0) is 16.0 Å². The van der Waals surface area contributed by atoms with Crippen LogP contribution in [0.4, 0.5) is 4.79 Å². The lowest BCUT2D eigenvalue weighted by Crippen LogP contribution is -2.43. The van der Waals surface area contributed by atoms with Crippen molar-refractivity contribution in [1.29, 1.82) is 0 Å². The van der Waals surface area contributed by atoms with Crippen molar-refractivity contribution in [2.24, 2.45) is 0 Å². The maximum absolute atomic E-state index is 11.3. The average molecular weight is 272 g/mol. The van der Waals surface area contributed by atoms with E-state index in [1.54, 1.807) is 11.3 Å². The summed E-state index contributed by atoms with van der Waals surface area (Å²) in [6.07, 6.45) is -0.267. The number of methoxy groups -OCH3 is 1. The van der Waals surface area contributed by atoms with Crippen molar-refractivity contribution >= 4 is 23.3 Å². The van der Waals surface area contributed by atoms with E-state index >= 15 is 0 Å². The molecular weight excluding hydrogens is 256 g/mol. The Bertz CT molecular complexity index is 380. The Kier molecular flexibility index (Phi) is 6.16. The number of nitrogens with one attached hydrogen (secondary N) is 2. The highest BCUT2D eigenvalue weighted by atomic mass is 32.1. The van der Waals surface area contributed by atoms with Gasteiger partial charge >= 0.3 is 12.0 Å². The lowest BCUT2D eigenvalue weighted by molar-refractivity contribution is -0.147. The fourth-order valence-corrected chi connectivity index (χ4v) is 1.98. The first-order valence-electron chi connectivity index (χ1n) is 5.42. The molecule has 0 radical (unpaired) electrons. The van der Waals surface area contributed by atoms with E-state index in [1.165, 1.54) is 12.7 Å². The first-order valence-corrected chi connectivity index (χ1v) is 6.36. The van der Waals surface area contributed by atoms with Gasteiger partial charge in [0.15, 0.2) is 6.10 Å². The molecule has 7 heteroatoms. The normalized spacial score (nSPS) is 11.8. The summed E-state index contributed by atoms with van der Waals surface area (Å²) < 4.78 is 4.68. The molecule has 3 N–H and O–H groups in total. The maximum atomic E-state index is 11.3. The number of carbonyl (C=O) groups is 2. The number of hydrogen-bond donors (Lipinski definition) is 3. The van der Waals surface area contributed by atoms with Gasteiger partial charge in [0, 0.05) is 13.7 Å². The number of amides is 2. The number of carboxylic acids is 1. The summed E-state index contributed by atoms with van der Waals surface area (Å²) in [5.74, 6) is -1.10. The standard InChI is InChI=1S/C11H16N2O4S/c1-17-9(10(14)15)6-13-11(16)12-4-2-8-3-5-18-7-8/h3,5,7,9H,2,4,6H2,1H3,(H,14,15)(H2,12,13,16). The summed E-state index contributed by atoms with van der Waals surface area (Å²) in [5.41, 5.74) is 1.17. The van der Waals surface area contributed by atoms with Gasteiger partial charge in [-0.1, -0.05) is 0 Å². The number of urea groups is 1. The predicted octanol–water partition coefficient (Wildman–Crippen LogP) is 0.689. The zero-order chi connectivity index (χ0) is 13.4. The van der Waals surface area contributed by atoms with Crippen molar-refractivity contribution in [1.82, 2.24) is 10.6 Å². The number of ether oxygens (including phenoxy) is 1. The third kappa shape index (κ3) is 5.15. The van der Waals surface area contributed by atoms with Crippen LogP contribution in [0.15, 0.2) is 16.8 Å². The van der Waals surface area contributed by atoms with Crippen molar-refractivity contribution in [2.45, 2.75) is 12.5 Å². The Morgan fingerprint density at radius 2 is 2.28 bits per heavy atom. The minimum atomic E-state index is -1.10. The van der Waals surface area contributed by atoms with Gasteiger partial charge in [0.1, 0.15) is 0 Å². The molecule has 0 bridgehead atoms. The average Bonchev–Trinajstić information content (AvgIpc) is 2.82. The van der Waals surface area contributed by atoms with Gasteiger partial charge in [0.05, 0.1) is 6.54 Å². The van der Waals surface area contributed by atoms with Gasteiger partial charge in [-0.3, -0.25) is 0 Å². The number of aliphatic carboxylic acids is 1. The van der Waals surface area contributed by atoms with Crippen LogP contribution in [0.25, 0.3) is 0 Å². The van der Waals surface area contributed by atoms with Crippen molar-refractivity contribution in [3.05, 3.63) is 22.4 Å². The van der Waals surface area contributed by atoms with Crippen molar-refractivity contribution in [2.75, 3.05) is 20.2 Å². The minimum Gasteiger partial charge on any atom is -0.479 e. The number of rotatable bonds is 7. The monoisotopic (exact) mass is 272 g/mol. The summed E-state index contributed by atoms with van der Waals surface area (Å²) in [4.78, 5) is 22.0. The summed E-state index contributed by atoms with van der Waals surface area (Å²) in [5, 5.41) is 17.8. The Morgan fingerprint density at radius 1 is 1.50 bits per heavy atom. The molecule has 0 saturated heterocycles. The van der Waals surface area contributed by atoms with E-state index in [4.69, 9.17) is 5.11 Å². The Hall–Kier alpha value is -1.60. The van der Waals surface area contributed by atoms with E-state index < -0.39 is 18.1 Å². The van der Waals surface area contributed by atoms with Crippen LogP contribution in [0.1, 0.15) is 5.56 Å². The topological polar surface area (TPSA) is 87.7 Å². The third-order valence-corrected chi connectivity index (χ3v) is 3.02. The third-order valence-electron chi connectivity index (χ3n) is 2.29. The molecule has 1 aromatic rings. The molecule has 1 heterocycles. The molecule has 0 aliphatic heterocycles. The molecule has 0 aliphatic carbocycles. The van der Waals surface area contributed by atoms with Gasteiger partial charge in [-0.15, -0.1) is 0 Å². The molecule has 0 aromatic carbocycles. The van der Waals surface area contributed by atoms with Gasteiger partial charge < -0.3 is 20.5 Å². The van der Waals surface area contributed by atoms with Crippen LogP contribution in [0, 0.1) is 0 Å². The van der Waals surface area contributed by atoms with Crippen LogP contribution < -0.4 is 10.6 Å². The molecule has 0 fully saturated rings. The fraction of sp³-hybridized carbons (Fsp3) is 0.455. The van der Waals surface area contributed by atoms with Crippen LogP contribution >= 0.6 is 11.3 Å². The largest absolute Gasteiger partial charge is 0.479 e. The lowest BCUT2D eigenvalue weighted by atomic mass is 10.2. The van der Waals surface area contributed by atoms with E-state index in [0.717, 1.165) is 6.42 Å². The van der Waals surface area contributed by atoms with Gasteiger partial charge in [0.2, 0.25) is 0 Å². The van der Waals surface area contributed by atoms with Crippen molar-refractivity contribution in [3.8, 4) is 0 Å². The van der Waals surface area contributed by atoms with Crippen LogP contribution in [0.3, 0.4) is 0 Å². The van der Waals surface area contributed by atoms with Crippen LogP contribution in [-0.4, -0.2) is 43.4 Å². The zero-order valence-corrected chi connectivity index (χ0v) is 10.8. The first kappa shape index (κ1) is 14.5. The Balaban J connectivity index is 2.15. The number of thiophene rings is 1. The molecule has 18 heavy (non-hydrogen) atoms. The molecule has 6 nitrogen and oxygen atoms in total. The number of carboxylic acid groups (broad SMARTS) is 1. The predicted molar refractivity (Wildman–Crippen MR) is 67.9 cm³/mol. The molecule has 1 aromatic heterocycles. The maximum Gasteiger partial charge on any atom is 0.334 e. The van der Waals surface area contributed by atoms with Crippen molar-refractivity contribution < 1.29 is 19.4 Å². The summed E-state index contributed by atoms with van der Waals surface area (Å²) in [7, 11) is 1.29. The second-order valence-corrected chi connectivity index (χ2v) is 4.36. The second kappa shape index (κ2) is 7.67. The number of hydrogen-bond acceptors (Lipinski definition) is 4. The Morgan fingerprint density at radius 3 is 2.83 bits per heavy atom. The molecule has 0 saturated carbocycles. The quantitative estimate of drug-likeness (QED) is 0.681. The fourth-order valence-electron chi connectivity index (χ4n) is 1.27. The SMILES string of the molecule is COC(CNC(=O)NCCc1ccsc1)C(=O)O. The van der Waals surface area contributed by atoms with E-state index in [1.807, 2.05) is 16.8 Å². The zero-order valence-electron chi connectivity index (χ0n) is 10.0. The highest BCUT2D eigenvalue weighted by Gasteiger charge is 2.16. The highest BCUT2D eigenvalue weighted by Crippen LogP contribution is 2.05. The first-order chi connectivity index (χ1) is 8.63.